The molecule has 2 aromatic carbocycles. The molecule has 31 heavy (non-hydrogen) atoms. The van der Waals surface area contributed by atoms with Gasteiger partial charge >= 0.3 is 0 Å². The lowest BCUT2D eigenvalue weighted by Gasteiger charge is -2.29. The van der Waals surface area contributed by atoms with E-state index in [9.17, 15) is 14.4 Å². The number of anilines is 2. The molecule has 1 aromatic heterocycles. The minimum absolute atomic E-state index is 0.105. The van der Waals surface area contributed by atoms with Crippen LogP contribution in [0.2, 0.25) is 0 Å². The lowest BCUT2D eigenvalue weighted by atomic mass is 10.1. The summed E-state index contributed by atoms with van der Waals surface area (Å²) >= 11 is 0. The highest BCUT2D eigenvalue weighted by Crippen LogP contribution is 2.31. The number of likely N-dealkylation sites (N-methyl/N-ethyl adjacent to an activating group) is 1. The second-order valence-corrected chi connectivity index (χ2v) is 7.54. The fourth-order valence-electron chi connectivity index (χ4n) is 3.72. The minimum atomic E-state index is -0.326. The first-order chi connectivity index (χ1) is 14.9. The highest BCUT2D eigenvalue weighted by Gasteiger charge is 2.30. The maximum Gasteiger partial charge on any atom is 0.254 e. The lowest BCUT2D eigenvalue weighted by molar-refractivity contribution is -0.119. The summed E-state index contributed by atoms with van der Waals surface area (Å²) in [5, 5.41) is 7.00. The van der Waals surface area contributed by atoms with E-state index < -0.39 is 0 Å². The number of hydrogen-bond donors (Lipinski definition) is 1. The van der Waals surface area contributed by atoms with Gasteiger partial charge in [0.2, 0.25) is 11.8 Å². The Balaban J connectivity index is 1.50. The van der Waals surface area contributed by atoms with Crippen molar-refractivity contribution >= 4 is 29.1 Å². The standard InChI is InChI=1S/C23H23N5O3/c1-16-14-21(29)25-19-6-3-4-7-20(19)28(16)22(30)15-26(2)23(31)17-8-10-18(11-9-17)27-13-5-12-24-27/h3-13,16H,14-15H2,1-2H3,(H,25,29)/t16-/m1/s1. The topological polar surface area (TPSA) is 87.5 Å². The number of rotatable bonds is 4. The average Bonchev–Trinajstić information content (AvgIpc) is 3.25. The van der Waals surface area contributed by atoms with Gasteiger partial charge < -0.3 is 15.1 Å². The molecule has 3 aromatic rings. The van der Waals surface area contributed by atoms with Crippen LogP contribution in [-0.4, -0.2) is 52.0 Å². The Hall–Kier alpha value is -3.94. The third-order valence-electron chi connectivity index (χ3n) is 5.23. The molecule has 0 unspecified atom stereocenters. The van der Waals surface area contributed by atoms with Crippen molar-refractivity contribution in [3.63, 3.8) is 0 Å². The van der Waals surface area contributed by atoms with Gasteiger partial charge in [-0.15, -0.1) is 0 Å². The quantitative estimate of drug-likeness (QED) is 0.707. The summed E-state index contributed by atoms with van der Waals surface area (Å²) in [6.45, 7) is 1.72. The van der Waals surface area contributed by atoms with Gasteiger partial charge in [0.1, 0.15) is 6.54 Å². The monoisotopic (exact) mass is 417 g/mol. The normalized spacial score (nSPS) is 15.6. The first kappa shape index (κ1) is 20.3. The van der Waals surface area contributed by atoms with E-state index in [0.717, 1.165) is 5.69 Å². The van der Waals surface area contributed by atoms with Crippen LogP contribution in [0.1, 0.15) is 23.7 Å². The molecule has 8 nitrogen and oxygen atoms in total. The Kier molecular flexibility index (Phi) is 5.53. The number of fused-ring (bicyclic) bond motifs is 1. The zero-order valence-electron chi connectivity index (χ0n) is 17.4. The molecular weight excluding hydrogens is 394 g/mol. The highest BCUT2D eigenvalue weighted by atomic mass is 16.2. The average molecular weight is 417 g/mol. The summed E-state index contributed by atoms with van der Waals surface area (Å²) in [5.74, 6) is -0.650. The molecule has 158 valence electrons. The largest absolute Gasteiger partial charge is 0.332 e. The van der Waals surface area contributed by atoms with Gasteiger partial charge in [-0.3, -0.25) is 14.4 Å². The second-order valence-electron chi connectivity index (χ2n) is 7.54. The zero-order chi connectivity index (χ0) is 22.0. The van der Waals surface area contributed by atoms with Crippen LogP contribution >= 0.6 is 0 Å². The molecule has 2 heterocycles. The van der Waals surface area contributed by atoms with Gasteiger partial charge in [0.05, 0.1) is 17.1 Å². The summed E-state index contributed by atoms with van der Waals surface area (Å²) in [6, 6.07) is 15.7. The van der Waals surface area contributed by atoms with E-state index in [2.05, 4.69) is 10.4 Å². The van der Waals surface area contributed by atoms with Crippen molar-refractivity contribution in [3.8, 4) is 5.69 Å². The molecule has 0 fully saturated rings. The van der Waals surface area contributed by atoms with Gasteiger partial charge in [-0.25, -0.2) is 4.68 Å². The molecule has 0 saturated carbocycles. The molecule has 1 aliphatic heterocycles. The molecule has 0 bridgehead atoms. The van der Waals surface area contributed by atoms with Crippen LogP contribution in [0.15, 0.2) is 67.0 Å². The fourth-order valence-corrected chi connectivity index (χ4v) is 3.72. The number of hydrogen-bond acceptors (Lipinski definition) is 4. The number of nitrogens with one attached hydrogen (secondary N) is 1. The Morgan fingerprint density at radius 2 is 1.87 bits per heavy atom. The maximum atomic E-state index is 13.2. The molecule has 0 saturated heterocycles. The van der Waals surface area contributed by atoms with Gasteiger partial charge in [0.15, 0.2) is 0 Å². The number of carbonyl (C=O) groups is 3. The van der Waals surface area contributed by atoms with Crippen LogP contribution in [-0.2, 0) is 9.59 Å². The van der Waals surface area contributed by atoms with Crippen molar-refractivity contribution < 1.29 is 14.4 Å². The van der Waals surface area contributed by atoms with Crippen LogP contribution < -0.4 is 10.2 Å². The first-order valence-corrected chi connectivity index (χ1v) is 10.0. The molecule has 8 heteroatoms. The van der Waals surface area contributed by atoms with Crippen molar-refractivity contribution in [3.05, 3.63) is 72.6 Å². The van der Waals surface area contributed by atoms with E-state index >= 15 is 0 Å². The van der Waals surface area contributed by atoms with Crippen LogP contribution in [0.3, 0.4) is 0 Å². The van der Waals surface area contributed by atoms with Gasteiger partial charge in [-0.2, -0.15) is 5.10 Å². The Morgan fingerprint density at radius 3 is 2.58 bits per heavy atom. The van der Waals surface area contributed by atoms with Crippen LogP contribution in [0, 0.1) is 0 Å². The Bertz CT molecular complexity index is 1110. The molecule has 0 radical (unpaired) electrons. The number of benzene rings is 2. The van der Waals surface area contributed by atoms with Crippen molar-refractivity contribution in [2.75, 3.05) is 23.8 Å². The highest BCUT2D eigenvalue weighted by molar-refractivity contribution is 6.06. The van der Waals surface area contributed by atoms with Gasteiger partial charge in [-0.1, -0.05) is 12.1 Å². The molecule has 1 N–H and O–H groups in total. The van der Waals surface area contributed by atoms with Crippen LogP contribution in [0.5, 0.6) is 0 Å². The summed E-state index contributed by atoms with van der Waals surface area (Å²) in [7, 11) is 1.60. The van der Waals surface area contributed by atoms with Crippen molar-refractivity contribution in [1.82, 2.24) is 14.7 Å². The Morgan fingerprint density at radius 1 is 1.13 bits per heavy atom. The molecule has 4 rings (SSSR count). The third kappa shape index (κ3) is 4.18. The van der Waals surface area contributed by atoms with E-state index in [1.165, 1.54) is 4.90 Å². The number of para-hydroxylation sites is 2. The maximum absolute atomic E-state index is 13.2. The minimum Gasteiger partial charge on any atom is -0.332 e. The van der Waals surface area contributed by atoms with Crippen molar-refractivity contribution in [2.45, 2.75) is 19.4 Å². The van der Waals surface area contributed by atoms with E-state index in [-0.39, 0.29) is 36.7 Å². The van der Waals surface area contributed by atoms with Crippen molar-refractivity contribution in [1.29, 1.82) is 0 Å². The second kappa shape index (κ2) is 8.43. The smallest absolute Gasteiger partial charge is 0.254 e. The molecule has 1 atom stereocenters. The number of aromatic nitrogens is 2. The predicted molar refractivity (Wildman–Crippen MR) is 117 cm³/mol. The van der Waals surface area contributed by atoms with Gasteiger partial charge in [-0.05, 0) is 49.4 Å². The molecule has 0 aliphatic carbocycles. The molecule has 0 spiro atoms. The zero-order valence-corrected chi connectivity index (χ0v) is 17.4. The summed E-state index contributed by atoms with van der Waals surface area (Å²) < 4.78 is 1.70. The predicted octanol–water partition coefficient (Wildman–Crippen LogP) is 2.71. The molecular formula is C23H23N5O3. The summed E-state index contributed by atoms with van der Waals surface area (Å²) in [4.78, 5) is 41.2. The van der Waals surface area contributed by atoms with E-state index in [1.807, 2.05) is 25.3 Å². The molecule has 1 aliphatic rings. The van der Waals surface area contributed by atoms with Gasteiger partial charge in [0.25, 0.3) is 5.91 Å². The Labute approximate surface area is 180 Å². The molecule has 3 amide bonds. The van der Waals surface area contributed by atoms with Crippen LogP contribution in [0.4, 0.5) is 11.4 Å². The van der Waals surface area contributed by atoms with Gasteiger partial charge in [0, 0.05) is 37.5 Å². The number of amides is 3. The summed E-state index contributed by atoms with van der Waals surface area (Å²) in [6.07, 6.45) is 3.69. The lowest BCUT2D eigenvalue weighted by Crippen LogP contribution is -2.45. The van der Waals surface area contributed by atoms with Crippen molar-refractivity contribution in [2.24, 2.45) is 0 Å². The number of nitrogens with zero attached hydrogens (tertiary/aromatic N) is 4. The fraction of sp³-hybridized carbons (Fsp3) is 0.217. The number of carbonyl (C=O) groups excluding carboxylic acids is 3. The third-order valence-corrected chi connectivity index (χ3v) is 5.23. The van der Waals surface area contributed by atoms with E-state index in [4.69, 9.17) is 0 Å². The first-order valence-electron chi connectivity index (χ1n) is 10.0. The SMILES string of the molecule is C[C@@H]1CC(=O)Nc2ccccc2N1C(=O)CN(C)C(=O)c1ccc(-n2cccn2)cc1. The van der Waals surface area contributed by atoms with Crippen LogP contribution in [0.25, 0.3) is 5.69 Å². The van der Waals surface area contributed by atoms with E-state index in [1.54, 1.807) is 65.3 Å². The summed E-state index contributed by atoms with van der Waals surface area (Å²) in [5.41, 5.74) is 2.54. The van der Waals surface area contributed by atoms with E-state index in [0.29, 0.717) is 16.9 Å².